The lowest BCUT2D eigenvalue weighted by molar-refractivity contribution is 0.823. The fourth-order valence-electron chi connectivity index (χ4n) is 6.19. The lowest BCUT2D eigenvalue weighted by Crippen LogP contribution is -2.21. The summed E-state index contributed by atoms with van der Waals surface area (Å²) in [5.41, 5.74) is -5.11. The molecule has 0 saturated carbocycles. The van der Waals surface area contributed by atoms with E-state index in [0.717, 1.165) is 0 Å². The summed E-state index contributed by atoms with van der Waals surface area (Å²) in [7, 11) is 0. The Morgan fingerprint density at radius 1 is 0.354 bits per heavy atom. The van der Waals surface area contributed by atoms with Crippen molar-refractivity contribution in [1.82, 2.24) is 40.8 Å². The number of nitrogens with one attached hydrogen (secondary N) is 2. The van der Waals surface area contributed by atoms with E-state index in [1.54, 1.807) is 0 Å². The minimum Gasteiger partial charge on any atom is -0.412 e. The zero-order chi connectivity index (χ0) is 29.7. The summed E-state index contributed by atoms with van der Waals surface area (Å²) in [5.74, 6) is 0. The van der Waals surface area contributed by atoms with Gasteiger partial charge in [-0.05, 0) is 43.1 Å². The molecule has 0 saturated heterocycles. The predicted octanol–water partition coefficient (Wildman–Crippen LogP) is 0.0804. The molecule has 16 heteroatoms. The maximum Gasteiger partial charge on any atom is 0.236 e. The summed E-state index contributed by atoms with van der Waals surface area (Å²) in [6.07, 6.45) is 0. The Morgan fingerprint density at radius 2 is 0.604 bits per heavy atom. The van der Waals surface area contributed by atoms with Crippen LogP contribution in [-0.2, 0) is 0 Å². The third-order valence-electron chi connectivity index (χ3n) is 8.10. The van der Waals surface area contributed by atoms with Gasteiger partial charge in [0.05, 0.1) is 0 Å². The van der Waals surface area contributed by atoms with Crippen molar-refractivity contribution in [3.8, 4) is 0 Å². The van der Waals surface area contributed by atoms with Gasteiger partial charge in [-0.2, -0.15) is 30.8 Å². The summed E-state index contributed by atoms with van der Waals surface area (Å²) in [4.78, 5) is 57.3. The number of nitrogens with zero attached hydrogens (tertiary/aromatic N) is 6. The van der Waals surface area contributed by atoms with Crippen molar-refractivity contribution in [2.45, 2.75) is 0 Å². The summed E-state index contributed by atoms with van der Waals surface area (Å²) in [6, 6.07) is 26.4. The molecule has 7 aromatic carbocycles. The second kappa shape index (κ2) is 11.6. The first-order chi connectivity index (χ1) is 21.5. The van der Waals surface area contributed by atoms with Crippen LogP contribution in [0.5, 0.6) is 0 Å². The molecule has 0 bridgehead atoms. The van der Waals surface area contributed by atoms with Gasteiger partial charge in [-0.1, -0.05) is 72.8 Å². The van der Waals surface area contributed by atoms with Gasteiger partial charge >= 0.3 is 0 Å². The molecule has 10 N–H and O–H groups in total. The SMILES string of the molecule is O.O.O.O.O=c1c2n[nH]nc2c(=O)c2nc3c(=O)c4n[nH]nc4c(=O)c3nc12.c1cc2cccc3c4cccc5cccc(c(c1)c23)c54. The van der Waals surface area contributed by atoms with Crippen LogP contribution in [0.4, 0.5) is 0 Å². The first kappa shape index (κ1) is 32.7. The van der Waals surface area contributed by atoms with E-state index in [1.807, 2.05) is 0 Å². The minimum atomic E-state index is -0.713. The molecule has 0 fully saturated rings. The highest BCUT2D eigenvalue weighted by atomic mass is 16.1. The van der Waals surface area contributed by atoms with Gasteiger partial charge in [0.1, 0.15) is 22.1 Å². The van der Waals surface area contributed by atoms with Crippen LogP contribution in [0, 0.1) is 0 Å². The summed E-state index contributed by atoms with van der Waals surface area (Å²) >= 11 is 0. The van der Waals surface area contributed by atoms with Crippen LogP contribution in [0.2, 0.25) is 0 Å². The van der Waals surface area contributed by atoms with Crippen molar-refractivity contribution in [2.24, 2.45) is 0 Å². The molecule has 0 aliphatic rings. The smallest absolute Gasteiger partial charge is 0.236 e. The number of H-pyrrole nitrogens is 2. The molecular formula is C32H22N8O8. The molecule has 3 heterocycles. The quantitative estimate of drug-likeness (QED) is 0.165. The van der Waals surface area contributed by atoms with Gasteiger partial charge in [-0.25, -0.2) is 9.97 Å². The van der Waals surface area contributed by atoms with Crippen LogP contribution in [0.15, 0.2) is 92.0 Å². The molecule has 0 amide bonds. The number of hydrogen-bond donors (Lipinski definition) is 2. The van der Waals surface area contributed by atoms with Crippen LogP contribution in [0.3, 0.4) is 0 Å². The fourth-order valence-corrected chi connectivity index (χ4v) is 6.19. The lowest BCUT2D eigenvalue weighted by Gasteiger charge is -2.13. The van der Waals surface area contributed by atoms with Crippen LogP contribution in [0.25, 0.3) is 87.2 Å². The molecule has 48 heavy (non-hydrogen) atoms. The van der Waals surface area contributed by atoms with Crippen molar-refractivity contribution in [3.05, 3.63) is 114 Å². The number of hydrogen-bond acceptors (Lipinski definition) is 10. The molecule has 0 atom stereocenters. The van der Waals surface area contributed by atoms with Gasteiger partial charge in [0.15, 0.2) is 22.1 Å². The van der Waals surface area contributed by atoms with Crippen molar-refractivity contribution in [3.63, 3.8) is 0 Å². The number of fused-ring (bicyclic) bond motifs is 6. The third kappa shape index (κ3) is 4.18. The maximum atomic E-state index is 12.4. The largest absolute Gasteiger partial charge is 0.412 e. The van der Waals surface area contributed by atoms with Gasteiger partial charge in [-0.3, -0.25) is 19.2 Å². The Hall–Kier alpha value is -6.72. The van der Waals surface area contributed by atoms with E-state index >= 15 is 0 Å². The van der Waals surface area contributed by atoms with Gasteiger partial charge in [0, 0.05) is 0 Å². The normalized spacial score (nSPS) is 11.0. The average molecular weight is 647 g/mol. The summed E-state index contributed by atoms with van der Waals surface area (Å²) in [5, 5.41) is 29.7. The Kier molecular flexibility index (Phi) is 7.88. The molecule has 0 aliphatic carbocycles. The molecule has 16 nitrogen and oxygen atoms in total. The molecular weight excluding hydrogens is 624 g/mol. The topological polar surface area (TPSA) is 303 Å². The molecule has 3 aromatic heterocycles. The number of aromatic amines is 2. The van der Waals surface area contributed by atoms with Crippen molar-refractivity contribution in [1.29, 1.82) is 0 Å². The number of aromatic nitrogens is 8. The Labute approximate surface area is 263 Å². The van der Waals surface area contributed by atoms with Crippen molar-refractivity contribution >= 4 is 87.2 Å². The van der Waals surface area contributed by atoms with Gasteiger partial charge in [0.25, 0.3) is 0 Å². The highest BCUT2D eigenvalue weighted by Crippen LogP contribution is 2.39. The fraction of sp³-hybridized carbons (Fsp3) is 0. The van der Waals surface area contributed by atoms with Crippen molar-refractivity contribution < 1.29 is 21.9 Å². The first-order valence-electron chi connectivity index (χ1n) is 13.5. The Balaban J connectivity index is 0.000000175. The van der Waals surface area contributed by atoms with Crippen molar-refractivity contribution in [2.75, 3.05) is 0 Å². The summed E-state index contributed by atoms with van der Waals surface area (Å²) < 4.78 is 0. The van der Waals surface area contributed by atoms with Gasteiger partial charge in [0.2, 0.25) is 21.7 Å². The van der Waals surface area contributed by atoms with E-state index in [-0.39, 0.29) is 66.0 Å². The average Bonchev–Trinajstić information content (AvgIpc) is 3.76. The van der Waals surface area contributed by atoms with Gasteiger partial charge in [-0.15, -0.1) is 0 Å². The molecule has 0 aliphatic heterocycles. The van der Waals surface area contributed by atoms with E-state index < -0.39 is 21.7 Å². The zero-order valence-corrected chi connectivity index (χ0v) is 24.2. The van der Waals surface area contributed by atoms with E-state index in [4.69, 9.17) is 0 Å². The van der Waals surface area contributed by atoms with Crippen LogP contribution < -0.4 is 21.7 Å². The monoisotopic (exact) mass is 646 g/mol. The highest BCUT2D eigenvalue weighted by molar-refractivity contribution is 6.32. The standard InChI is InChI=1S/C20H12.C12H2N8O4.4H2O/c1-5-13-6-2-11-17-18-12-4-8-14-7-3-10-16(20(14)18)15(9-1)19(13)17;21-9-1-2(10(22)6-5(9)15-19-16-6)14-4-3(13-1)11(23)7-8(12(4)24)18-20-17-7;;;;/h1-12H;(H,15,16,19)(H,17,18,20);4*1H2. The van der Waals surface area contributed by atoms with E-state index in [0.29, 0.717) is 0 Å². The highest BCUT2D eigenvalue weighted by Gasteiger charge is 2.22. The molecule has 238 valence electrons. The van der Waals surface area contributed by atoms with E-state index in [1.165, 1.54) is 43.1 Å². The number of benzene rings is 7. The Bertz CT molecular complexity index is 2670. The van der Waals surface area contributed by atoms with E-state index in [2.05, 4.69) is 114 Å². The number of rotatable bonds is 0. The van der Waals surface area contributed by atoms with Crippen LogP contribution in [-0.4, -0.2) is 62.7 Å². The molecule has 0 radical (unpaired) electrons. The molecule has 10 aromatic rings. The second-order valence-corrected chi connectivity index (χ2v) is 10.4. The lowest BCUT2D eigenvalue weighted by atomic mass is 9.90. The second-order valence-electron chi connectivity index (χ2n) is 10.4. The predicted molar refractivity (Wildman–Crippen MR) is 181 cm³/mol. The Morgan fingerprint density at radius 3 is 0.854 bits per heavy atom. The zero-order valence-electron chi connectivity index (χ0n) is 24.2. The first-order valence-corrected chi connectivity index (χ1v) is 13.5. The molecule has 10 rings (SSSR count). The third-order valence-corrected chi connectivity index (χ3v) is 8.10. The van der Waals surface area contributed by atoms with Gasteiger partial charge < -0.3 is 21.9 Å². The molecule has 0 spiro atoms. The molecule has 0 unspecified atom stereocenters. The van der Waals surface area contributed by atoms with Crippen LogP contribution in [0.1, 0.15) is 0 Å². The summed E-state index contributed by atoms with van der Waals surface area (Å²) in [6.45, 7) is 0. The maximum absolute atomic E-state index is 12.4. The minimum absolute atomic E-state index is 0. The van der Waals surface area contributed by atoms with E-state index in [9.17, 15) is 19.2 Å². The van der Waals surface area contributed by atoms with Crippen LogP contribution >= 0.6 is 0 Å².